The first-order valence-corrected chi connectivity index (χ1v) is 8.29. The second kappa shape index (κ2) is 8.53. The maximum Gasteiger partial charge on any atom is 0.255 e. The number of rotatable bonds is 7. The smallest absolute Gasteiger partial charge is 0.255 e. The van der Waals surface area contributed by atoms with E-state index >= 15 is 0 Å². The van der Waals surface area contributed by atoms with Crippen molar-refractivity contribution in [2.24, 2.45) is 5.10 Å². The summed E-state index contributed by atoms with van der Waals surface area (Å²) in [4.78, 5) is 18.5. The van der Waals surface area contributed by atoms with Crippen LogP contribution in [0.1, 0.15) is 30.7 Å². The summed E-state index contributed by atoms with van der Waals surface area (Å²) in [6.07, 6.45) is 1.55. The highest BCUT2D eigenvalue weighted by Crippen LogP contribution is 2.36. The zero-order valence-electron chi connectivity index (χ0n) is 14.6. The zero-order valence-corrected chi connectivity index (χ0v) is 15.4. The Morgan fingerprint density at radius 3 is 2.64 bits per heavy atom. The Hall–Kier alpha value is -2.54. The summed E-state index contributed by atoms with van der Waals surface area (Å²) in [6, 6.07) is 3.50. The Bertz CT molecular complexity index is 833. The fourth-order valence-corrected chi connectivity index (χ4v) is 2.35. The Morgan fingerprint density at radius 2 is 2.00 bits per heavy atom. The Morgan fingerprint density at radius 1 is 1.28 bits per heavy atom. The van der Waals surface area contributed by atoms with Crippen molar-refractivity contribution < 1.29 is 9.47 Å². The standard InChI is InChI=1S/C17H21ClN4O3/c1-5-24-14-8-12(7-13(18)15(14)25-6-2)9-19-22-17-20-11(4)10(3)16(23)21-17/h7-9H,5-6H2,1-4H3,(H2,20,21,22,23)/b19-9-. The average molecular weight is 365 g/mol. The minimum absolute atomic E-state index is 0.201. The summed E-state index contributed by atoms with van der Waals surface area (Å²) in [5, 5.41) is 4.52. The number of halogens is 1. The minimum atomic E-state index is -0.201. The van der Waals surface area contributed by atoms with Crippen LogP contribution in [0.4, 0.5) is 5.95 Å². The Balaban J connectivity index is 2.22. The molecule has 134 valence electrons. The topological polar surface area (TPSA) is 88.6 Å². The van der Waals surface area contributed by atoms with Crippen LogP contribution in [-0.4, -0.2) is 29.4 Å². The van der Waals surface area contributed by atoms with E-state index in [9.17, 15) is 4.79 Å². The Kier molecular flexibility index (Phi) is 6.41. The van der Waals surface area contributed by atoms with Crippen LogP contribution in [-0.2, 0) is 0 Å². The van der Waals surface area contributed by atoms with Crippen molar-refractivity contribution in [3.63, 3.8) is 0 Å². The lowest BCUT2D eigenvalue weighted by molar-refractivity contribution is 0.288. The summed E-state index contributed by atoms with van der Waals surface area (Å²) < 4.78 is 11.1. The summed E-state index contributed by atoms with van der Waals surface area (Å²) >= 11 is 6.26. The number of aryl methyl sites for hydroxylation is 1. The molecule has 0 spiro atoms. The fourth-order valence-electron chi connectivity index (χ4n) is 2.08. The molecule has 0 amide bonds. The summed E-state index contributed by atoms with van der Waals surface area (Å²) in [5.74, 6) is 1.33. The molecule has 1 heterocycles. The second-order valence-electron chi connectivity index (χ2n) is 5.19. The third kappa shape index (κ3) is 4.73. The summed E-state index contributed by atoms with van der Waals surface area (Å²) in [5.41, 5.74) is 4.44. The van der Waals surface area contributed by atoms with Gasteiger partial charge in [0.15, 0.2) is 11.5 Å². The highest BCUT2D eigenvalue weighted by molar-refractivity contribution is 6.32. The highest BCUT2D eigenvalue weighted by Gasteiger charge is 2.11. The lowest BCUT2D eigenvalue weighted by Crippen LogP contribution is -2.15. The first kappa shape index (κ1) is 18.8. The van der Waals surface area contributed by atoms with E-state index in [1.807, 2.05) is 13.8 Å². The van der Waals surface area contributed by atoms with Crippen molar-refractivity contribution >= 4 is 23.8 Å². The van der Waals surface area contributed by atoms with E-state index in [-0.39, 0.29) is 11.5 Å². The van der Waals surface area contributed by atoms with E-state index in [1.54, 1.807) is 32.2 Å². The van der Waals surface area contributed by atoms with E-state index < -0.39 is 0 Å². The molecule has 0 aliphatic carbocycles. The van der Waals surface area contributed by atoms with Crippen LogP contribution in [0.15, 0.2) is 22.0 Å². The molecule has 0 bridgehead atoms. The quantitative estimate of drug-likeness (QED) is 0.581. The van der Waals surface area contributed by atoms with Crippen LogP contribution < -0.4 is 20.5 Å². The molecule has 1 aromatic heterocycles. The van der Waals surface area contributed by atoms with Crippen molar-refractivity contribution in [2.75, 3.05) is 18.6 Å². The minimum Gasteiger partial charge on any atom is -0.490 e. The molecule has 0 atom stereocenters. The molecule has 0 fully saturated rings. The van der Waals surface area contributed by atoms with E-state index in [2.05, 4.69) is 20.5 Å². The zero-order chi connectivity index (χ0) is 18.4. The monoisotopic (exact) mass is 364 g/mol. The molecule has 1 aromatic carbocycles. The molecule has 7 nitrogen and oxygen atoms in total. The Labute approximate surface area is 151 Å². The predicted molar refractivity (Wildman–Crippen MR) is 99.3 cm³/mol. The summed E-state index contributed by atoms with van der Waals surface area (Å²) in [7, 11) is 0. The van der Waals surface area contributed by atoms with Crippen LogP contribution in [0.3, 0.4) is 0 Å². The first-order chi connectivity index (χ1) is 12.0. The second-order valence-corrected chi connectivity index (χ2v) is 5.60. The number of hydrogen-bond acceptors (Lipinski definition) is 6. The van der Waals surface area contributed by atoms with Gasteiger partial charge in [0.25, 0.3) is 5.56 Å². The molecule has 2 rings (SSSR count). The molecular formula is C17H21ClN4O3. The third-order valence-electron chi connectivity index (χ3n) is 3.40. The van der Waals surface area contributed by atoms with Crippen LogP contribution in [0.2, 0.25) is 5.02 Å². The normalized spacial score (nSPS) is 10.9. The van der Waals surface area contributed by atoms with Crippen LogP contribution >= 0.6 is 11.6 Å². The molecular weight excluding hydrogens is 344 g/mol. The van der Waals surface area contributed by atoms with Gasteiger partial charge in [-0.05, 0) is 45.4 Å². The van der Waals surface area contributed by atoms with Gasteiger partial charge in [0.2, 0.25) is 5.95 Å². The van der Waals surface area contributed by atoms with E-state index in [4.69, 9.17) is 21.1 Å². The van der Waals surface area contributed by atoms with Gasteiger partial charge in [0.05, 0.1) is 24.5 Å². The number of H-pyrrole nitrogens is 1. The average Bonchev–Trinajstić information content (AvgIpc) is 2.56. The van der Waals surface area contributed by atoms with Gasteiger partial charge in [0.1, 0.15) is 0 Å². The molecule has 0 radical (unpaired) electrons. The molecule has 0 aliphatic rings. The van der Waals surface area contributed by atoms with Gasteiger partial charge in [-0.2, -0.15) is 5.10 Å². The maximum atomic E-state index is 11.7. The number of anilines is 1. The van der Waals surface area contributed by atoms with E-state index in [1.165, 1.54) is 0 Å². The maximum absolute atomic E-state index is 11.7. The van der Waals surface area contributed by atoms with E-state index in [0.717, 1.165) is 5.56 Å². The van der Waals surface area contributed by atoms with Gasteiger partial charge in [-0.1, -0.05) is 11.6 Å². The number of ether oxygens (including phenoxy) is 2. The van der Waals surface area contributed by atoms with Crippen LogP contribution in [0.5, 0.6) is 11.5 Å². The number of aromatic nitrogens is 2. The number of hydrazone groups is 1. The van der Waals surface area contributed by atoms with E-state index in [0.29, 0.717) is 41.0 Å². The van der Waals surface area contributed by atoms with Crippen molar-refractivity contribution in [3.05, 3.63) is 44.3 Å². The molecule has 2 aromatic rings. The molecule has 8 heteroatoms. The van der Waals surface area contributed by atoms with Crippen molar-refractivity contribution in [2.45, 2.75) is 27.7 Å². The summed E-state index contributed by atoms with van der Waals surface area (Å²) in [6.45, 7) is 8.21. The van der Waals surface area contributed by atoms with Crippen molar-refractivity contribution in [1.82, 2.24) is 9.97 Å². The van der Waals surface area contributed by atoms with Crippen LogP contribution in [0.25, 0.3) is 0 Å². The molecule has 0 aliphatic heterocycles. The van der Waals surface area contributed by atoms with Gasteiger partial charge >= 0.3 is 0 Å². The van der Waals surface area contributed by atoms with Crippen LogP contribution in [0, 0.1) is 13.8 Å². The van der Waals surface area contributed by atoms with Gasteiger partial charge in [-0.3, -0.25) is 9.78 Å². The molecule has 0 saturated heterocycles. The molecule has 25 heavy (non-hydrogen) atoms. The lowest BCUT2D eigenvalue weighted by Gasteiger charge is -2.13. The first-order valence-electron chi connectivity index (χ1n) is 7.92. The van der Waals surface area contributed by atoms with Gasteiger partial charge in [-0.25, -0.2) is 10.4 Å². The van der Waals surface area contributed by atoms with Gasteiger partial charge < -0.3 is 9.47 Å². The van der Waals surface area contributed by atoms with Gasteiger partial charge in [-0.15, -0.1) is 0 Å². The van der Waals surface area contributed by atoms with Crippen molar-refractivity contribution in [1.29, 1.82) is 0 Å². The van der Waals surface area contributed by atoms with Crippen molar-refractivity contribution in [3.8, 4) is 11.5 Å². The molecule has 0 saturated carbocycles. The largest absolute Gasteiger partial charge is 0.490 e. The number of benzene rings is 1. The van der Waals surface area contributed by atoms with Gasteiger partial charge in [0, 0.05) is 11.3 Å². The number of hydrogen-bond donors (Lipinski definition) is 2. The fraction of sp³-hybridized carbons (Fsp3) is 0.353. The molecule has 2 N–H and O–H groups in total. The third-order valence-corrected chi connectivity index (χ3v) is 3.68. The number of aromatic amines is 1. The number of nitrogens with one attached hydrogen (secondary N) is 2. The predicted octanol–water partition coefficient (Wildman–Crippen LogP) is 3.28. The lowest BCUT2D eigenvalue weighted by atomic mass is 10.2. The molecule has 0 unspecified atom stereocenters. The highest BCUT2D eigenvalue weighted by atomic mass is 35.5. The SMILES string of the molecule is CCOc1cc(/C=N\Nc2nc(C)c(C)c(=O)[nH]2)cc(Cl)c1OCC. The number of nitrogens with zero attached hydrogens (tertiary/aromatic N) is 2.